The van der Waals surface area contributed by atoms with Crippen LogP contribution >= 0.6 is 0 Å². The fraction of sp³-hybridized carbons (Fsp3) is 0.581. The maximum absolute atomic E-state index is 13.2. The second kappa shape index (κ2) is 11.0. The largest absolute Gasteiger partial charge is 0.508 e. The molecule has 1 aliphatic carbocycles. The number of aromatic hydroxyl groups is 1. The lowest BCUT2D eigenvalue weighted by molar-refractivity contribution is -0.123. The van der Waals surface area contributed by atoms with Crippen molar-refractivity contribution in [2.24, 2.45) is 11.1 Å². The number of carbonyl (C=O) groups is 1. The highest BCUT2D eigenvalue weighted by atomic mass is 16.3. The highest BCUT2D eigenvalue weighted by Gasteiger charge is 2.35. The summed E-state index contributed by atoms with van der Waals surface area (Å²) < 4.78 is 0. The Morgan fingerprint density at radius 3 is 2.51 bits per heavy atom. The molecule has 5 N–H and O–H groups in total. The van der Waals surface area contributed by atoms with Crippen LogP contribution in [0, 0.1) is 19.3 Å². The second-order valence-electron chi connectivity index (χ2n) is 11.9. The first kappa shape index (κ1) is 26.1. The lowest BCUT2D eigenvalue weighted by Gasteiger charge is -2.44. The van der Waals surface area contributed by atoms with Crippen molar-refractivity contribution in [2.75, 3.05) is 25.0 Å². The normalized spacial score (nSPS) is 22.2. The van der Waals surface area contributed by atoms with E-state index in [-0.39, 0.29) is 17.7 Å². The molecule has 6 heteroatoms. The highest BCUT2D eigenvalue weighted by Crippen LogP contribution is 2.44. The first-order valence-electron chi connectivity index (χ1n) is 14.3. The number of aryl methyl sites for hydroxylation is 2. The molecule has 200 valence electrons. The van der Waals surface area contributed by atoms with Crippen LogP contribution in [0.25, 0.3) is 0 Å². The molecule has 2 atom stereocenters. The minimum Gasteiger partial charge on any atom is -0.508 e. The van der Waals surface area contributed by atoms with Gasteiger partial charge < -0.3 is 21.5 Å². The van der Waals surface area contributed by atoms with E-state index >= 15 is 0 Å². The van der Waals surface area contributed by atoms with Gasteiger partial charge in [0, 0.05) is 18.8 Å². The first-order chi connectivity index (χ1) is 17.8. The van der Waals surface area contributed by atoms with Crippen LogP contribution in [-0.4, -0.2) is 41.6 Å². The van der Waals surface area contributed by atoms with Crippen molar-refractivity contribution in [1.29, 1.82) is 0 Å². The number of fused-ring (bicyclic) bond motifs is 1. The van der Waals surface area contributed by atoms with E-state index in [1.807, 2.05) is 13.8 Å². The molecule has 2 heterocycles. The highest BCUT2D eigenvalue weighted by molar-refractivity contribution is 5.82. The number of hydrogen-bond donors (Lipinski definition) is 4. The van der Waals surface area contributed by atoms with Crippen LogP contribution in [0.4, 0.5) is 5.69 Å². The van der Waals surface area contributed by atoms with Crippen LogP contribution in [0.15, 0.2) is 30.3 Å². The number of nitrogens with zero attached hydrogens (tertiary/aromatic N) is 1. The van der Waals surface area contributed by atoms with E-state index in [1.54, 1.807) is 12.1 Å². The van der Waals surface area contributed by atoms with Crippen LogP contribution in [0.2, 0.25) is 0 Å². The predicted molar refractivity (Wildman–Crippen MR) is 150 cm³/mol. The molecule has 2 aliphatic heterocycles. The monoisotopic (exact) mass is 504 g/mol. The molecule has 6 nitrogen and oxygen atoms in total. The Kier molecular flexibility index (Phi) is 7.77. The van der Waals surface area contributed by atoms with Crippen molar-refractivity contribution in [3.8, 4) is 5.75 Å². The fourth-order valence-electron chi connectivity index (χ4n) is 6.95. The number of nitrogens with two attached hydrogens (primary N) is 1. The average molecular weight is 505 g/mol. The molecule has 0 radical (unpaired) electrons. The minimum absolute atomic E-state index is 0.0383. The number of phenols is 1. The summed E-state index contributed by atoms with van der Waals surface area (Å²) in [4.78, 5) is 15.8. The van der Waals surface area contributed by atoms with Gasteiger partial charge in [-0.1, -0.05) is 31.4 Å². The molecule has 0 bridgehead atoms. The van der Waals surface area contributed by atoms with Crippen LogP contribution in [0.3, 0.4) is 0 Å². The fourth-order valence-corrected chi connectivity index (χ4v) is 6.95. The lowest BCUT2D eigenvalue weighted by atomic mass is 9.68. The summed E-state index contributed by atoms with van der Waals surface area (Å²) >= 11 is 0. The molecule has 5 rings (SSSR count). The molecular formula is C31H44N4O2. The van der Waals surface area contributed by atoms with Crippen LogP contribution in [0.5, 0.6) is 5.75 Å². The Hall–Kier alpha value is -2.57. The summed E-state index contributed by atoms with van der Waals surface area (Å²) in [5.41, 5.74) is 13.6. The standard InChI is InChI=1S/C31H44N4O2/c1-21-16-24(36)17-22(2)25(21)19-27(32)30(37)34-29-8-13-33-28-7-6-23(18-26(28)29)20-35-14-11-31(12-15-35)9-4-3-5-10-31/h6-7,16-18,27,29,33,36H,3-5,8-15,19-20,32H2,1-2H3,(H,34,37). The summed E-state index contributed by atoms with van der Waals surface area (Å²) in [6.45, 7) is 8.10. The van der Waals surface area contributed by atoms with Crippen molar-refractivity contribution in [3.05, 3.63) is 58.1 Å². The molecule has 1 saturated heterocycles. The van der Waals surface area contributed by atoms with Gasteiger partial charge in [0.25, 0.3) is 0 Å². The first-order valence-corrected chi connectivity index (χ1v) is 14.3. The molecular weight excluding hydrogens is 460 g/mol. The van der Waals surface area contributed by atoms with E-state index in [9.17, 15) is 9.90 Å². The molecule has 3 aliphatic rings. The summed E-state index contributed by atoms with van der Waals surface area (Å²) in [6.07, 6.45) is 11.1. The van der Waals surface area contributed by atoms with E-state index in [4.69, 9.17) is 5.73 Å². The number of carbonyl (C=O) groups excluding carboxylic acids is 1. The van der Waals surface area contributed by atoms with E-state index in [1.165, 1.54) is 69.2 Å². The van der Waals surface area contributed by atoms with Crippen molar-refractivity contribution in [1.82, 2.24) is 10.2 Å². The predicted octanol–water partition coefficient (Wildman–Crippen LogP) is 5.10. The van der Waals surface area contributed by atoms with Gasteiger partial charge in [-0.2, -0.15) is 0 Å². The Morgan fingerprint density at radius 1 is 1.11 bits per heavy atom. The van der Waals surface area contributed by atoms with Crippen LogP contribution in [0.1, 0.15) is 85.2 Å². The number of phenolic OH excluding ortho intramolecular Hbond substituents is 1. The molecule has 1 spiro atoms. The SMILES string of the molecule is Cc1cc(O)cc(C)c1CC(N)C(=O)NC1CCNc2ccc(CN3CCC4(CCCCC4)CC3)cc21. The topological polar surface area (TPSA) is 90.6 Å². The van der Waals surface area contributed by atoms with Gasteiger partial charge in [-0.05, 0) is 117 Å². The third-order valence-corrected chi connectivity index (χ3v) is 9.24. The number of amides is 1. The summed E-state index contributed by atoms with van der Waals surface area (Å²) in [7, 11) is 0. The van der Waals surface area contributed by atoms with Gasteiger partial charge in [0.1, 0.15) is 5.75 Å². The van der Waals surface area contributed by atoms with Crippen LogP contribution < -0.4 is 16.4 Å². The molecule has 37 heavy (non-hydrogen) atoms. The van der Waals surface area contributed by atoms with Crippen LogP contribution in [-0.2, 0) is 17.8 Å². The number of nitrogens with one attached hydrogen (secondary N) is 2. The number of rotatable bonds is 6. The lowest BCUT2D eigenvalue weighted by Crippen LogP contribution is -2.45. The number of anilines is 1. The minimum atomic E-state index is -0.635. The zero-order valence-electron chi connectivity index (χ0n) is 22.6. The molecule has 1 amide bonds. The Balaban J connectivity index is 1.22. The van der Waals surface area contributed by atoms with Crippen molar-refractivity contribution >= 4 is 11.6 Å². The van der Waals surface area contributed by atoms with Gasteiger partial charge in [-0.25, -0.2) is 0 Å². The van der Waals surface area contributed by atoms with Crippen molar-refractivity contribution in [2.45, 2.75) is 90.3 Å². The second-order valence-corrected chi connectivity index (χ2v) is 11.9. The zero-order valence-corrected chi connectivity index (χ0v) is 22.6. The van der Waals surface area contributed by atoms with Crippen molar-refractivity contribution < 1.29 is 9.90 Å². The Labute approximate surface area is 222 Å². The third-order valence-electron chi connectivity index (χ3n) is 9.24. The van der Waals surface area contributed by atoms with E-state index in [0.29, 0.717) is 11.8 Å². The number of piperidine rings is 1. The molecule has 0 aromatic heterocycles. The van der Waals surface area contributed by atoms with Gasteiger partial charge in [0.05, 0.1) is 12.1 Å². The number of likely N-dealkylation sites (tertiary alicyclic amines) is 1. The molecule has 2 unspecified atom stereocenters. The quantitative estimate of drug-likeness (QED) is 0.440. The van der Waals surface area contributed by atoms with E-state index < -0.39 is 6.04 Å². The van der Waals surface area contributed by atoms with E-state index in [0.717, 1.165) is 41.9 Å². The molecule has 2 aromatic rings. The van der Waals surface area contributed by atoms with Gasteiger partial charge in [-0.3, -0.25) is 9.69 Å². The number of hydrogen-bond acceptors (Lipinski definition) is 5. The van der Waals surface area contributed by atoms with Gasteiger partial charge in [-0.15, -0.1) is 0 Å². The summed E-state index contributed by atoms with van der Waals surface area (Å²) in [6, 6.07) is 9.50. The summed E-state index contributed by atoms with van der Waals surface area (Å²) in [5.74, 6) is 0.126. The Bertz CT molecular complexity index is 1090. The van der Waals surface area contributed by atoms with Gasteiger partial charge >= 0.3 is 0 Å². The number of benzene rings is 2. The van der Waals surface area contributed by atoms with Crippen molar-refractivity contribution in [3.63, 3.8) is 0 Å². The van der Waals surface area contributed by atoms with Gasteiger partial charge in [0.15, 0.2) is 0 Å². The maximum atomic E-state index is 13.2. The average Bonchev–Trinajstić information content (AvgIpc) is 2.88. The molecule has 2 aromatic carbocycles. The summed E-state index contributed by atoms with van der Waals surface area (Å²) in [5, 5.41) is 16.6. The third kappa shape index (κ3) is 5.96. The zero-order chi connectivity index (χ0) is 26.0. The van der Waals surface area contributed by atoms with E-state index in [2.05, 4.69) is 33.7 Å². The molecule has 2 fully saturated rings. The smallest absolute Gasteiger partial charge is 0.237 e. The van der Waals surface area contributed by atoms with Gasteiger partial charge in [0.2, 0.25) is 5.91 Å². The molecule has 1 saturated carbocycles. The Morgan fingerprint density at radius 2 is 1.81 bits per heavy atom. The maximum Gasteiger partial charge on any atom is 0.237 e.